The highest BCUT2D eigenvalue weighted by Crippen LogP contribution is 2.36. The highest BCUT2D eigenvalue weighted by atomic mass is 79.9. The number of rotatable bonds is 5. The van der Waals surface area contributed by atoms with E-state index in [1.54, 1.807) is 24.3 Å². The van der Waals surface area contributed by atoms with E-state index >= 15 is 0 Å². The highest BCUT2D eigenvalue weighted by molar-refractivity contribution is 9.10. The lowest BCUT2D eigenvalue weighted by atomic mass is 10.0. The molecule has 0 aliphatic heterocycles. The Bertz CT molecular complexity index is 1190. The Morgan fingerprint density at radius 3 is 2.43 bits per heavy atom. The monoisotopic (exact) mass is 462 g/mol. The zero-order chi connectivity index (χ0) is 21.3. The van der Waals surface area contributed by atoms with Crippen LogP contribution in [0.15, 0.2) is 65.1 Å². The molecule has 2 N–H and O–H groups in total. The minimum absolute atomic E-state index is 0.0704. The fraction of sp³-hybridized carbons (Fsp3) is 0.125. The summed E-state index contributed by atoms with van der Waals surface area (Å²) in [4.78, 5) is 37.3. The van der Waals surface area contributed by atoms with Crippen LogP contribution in [-0.2, 0) is 4.79 Å². The summed E-state index contributed by atoms with van der Waals surface area (Å²) >= 11 is 3.39. The Kier molecular flexibility index (Phi) is 5.50. The molecule has 0 saturated carbocycles. The van der Waals surface area contributed by atoms with Crippen LogP contribution >= 0.6 is 15.9 Å². The van der Waals surface area contributed by atoms with Gasteiger partial charge in [-0.25, -0.2) is 0 Å². The topological polar surface area (TPSA) is 75.3 Å². The lowest BCUT2D eigenvalue weighted by molar-refractivity contribution is -0.116. The van der Waals surface area contributed by atoms with Crippen molar-refractivity contribution in [1.82, 2.24) is 5.32 Å². The second kappa shape index (κ2) is 8.24. The molecule has 0 unspecified atom stereocenters. The summed E-state index contributed by atoms with van der Waals surface area (Å²) < 4.78 is 0.880. The SMILES string of the molecule is Cc1ccc(Br)cc1NC(=O)CCNC(=O)c1ccc2c(c1)C(=O)c1ccccc1-2. The Hall–Kier alpha value is -3.25. The number of benzene rings is 3. The quantitative estimate of drug-likeness (QED) is 0.450. The van der Waals surface area contributed by atoms with Gasteiger partial charge in [-0.1, -0.05) is 52.3 Å². The van der Waals surface area contributed by atoms with E-state index in [1.165, 1.54) is 0 Å². The predicted molar refractivity (Wildman–Crippen MR) is 120 cm³/mol. The normalized spacial score (nSPS) is 11.6. The molecule has 0 heterocycles. The van der Waals surface area contributed by atoms with Crippen molar-refractivity contribution in [2.24, 2.45) is 0 Å². The molecule has 0 aromatic heterocycles. The molecule has 3 aromatic carbocycles. The van der Waals surface area contributed by atoms with Crippen LogP contribution < -0.4 is 10.6 Å². The van der Waals surface area contributed by atoms with Crippen LogP contribution in [-0.4, -0.2) is 24.1 Å². The molecule has 3 aromatic rings. The van der Waals surface area contributed by atoms with Crippen LogP contribution in [0, 0.1) is 6.92 Å². The molecule has 0 bridgehead atoms. The third-order valence-electron chi connectivity index (χ3n) is 5.10. The fourth-order valence-corrected chi connectivity index (χ4v) is 3.86. The number of aryl methyl sites for hydroxylation is 1. The number of halogens is 1. The van der Waals surface area contributed by atoms with Gasteiger partial charge in [-0.3, -0.25) is 14.4 Å². The van der Waals surface area contributed by atoms with Crippen molar-refractivity contribution in [2.45, 2.75) is 13.3 Å². The maximum Gasteiger partial charge on any atom is 0.251 e. The third-order valence-corrected chi connectivity index (χ3v) is 5.59. The van der Waals surface area contributed by atoms with E-state index in [1.807, 2.05) is 43.3 Å². The van der Waals surface area contributed by atoms with Crippen molar-refractivity contribution in [3.05, 3.63) is 87.4 Å². The van der Waals surface area contributed by atoms with E-state index in [0.717, 1.165) is 26.9 Å². The minimum Gasteiger partial charge on any atom is -0.352 e. The van der Waals surface area contributed by atoms with Gasteiger partial charge in [-0.2, -0.15) is 0 Å². The Morgan fingerprint density at radius 1 is 0.900 bits per heavy atom. The van der Waals surface area contributed by atoms with E-state index in [-0.39, 0.29) is 30.6 Å². The summed E-state index contributed by atoms with van der Waals surface area (Å²) in [6.07, 6.45) is 0.146. The summed E-state index contributed by atoms with van der Waals surface area (Å²) in [5, 5.41) is 5.60. The summed E-state index contributed by atoms with van der Waals surface area (Å²) in [6.45, 7) is 2.11. The summed E-state index contributed by atoms with van der Waals surface area (Å²) in [5.41, 5.74) is 5.02. The second-order valence-electron chi connectivity index (χ2n) is 7.15. The molecule has 4 rings (SSSR count). The molecule has 0 saturated heterocycles. The zero-order valence-corrected chi connectivity index (χ0v) is 17.9. The molecule has 0 fully saturated rings. The number of carbonyl (C=O) groups excluding carboxylic acids is 3. The number of amides is 2. The van der Waals surface area contributed by atoms with Crippen molar-refractivity contribution in [3.8, 4) is 11.1 Å². The highest BCUT2D eigenvalue weighted by Gasteiger charge is 2.26. The summed E-state index contributed by atoms with van der Waals surface area (Å²) in [6, 6.07) is 18.2. The van der Waals surface area contributed by atoms with Crippen molar-refractivity contribution in [1.29, 1.82) is 0 Å². The first-order valence-electron chi connectivity index (χ1n) is 9.56. The molecule has 150 valence electrons. The number of hydrogen-bond donors (Lipinski definition) is 2. The molecule has 5 nitrogen and oxygen atoms in total. The molecule has 1 aliphatic carbocycles. The maximum absolute atomic E-state index is 12.6. The Labute approximate surface area is 182 Å². The molecule has 30 heavy (non-hydrogen) atoms. The van der Waals surface area contributed by atoms with Gasteiger partial charge in [0.1, 0.15) is 0 Å². The van der Waals surface area contributed by atoms with Gasteiger partial charge in [0, 0.05) is 39.8 Å². The number of nitrogens with one attached hydrogen (secondary N) is 2. The number of anilines is 1. The van der Waals surface area contributed by atoms with Gasteiger partial charge in [-0.05, 0) is 47.9 Å². The van der Waals surface area contributed by atoms with Crippen molar-refractivity contribution < 1.29 is 14.4 Å². The first-order valence-corrected chi connectivity index (χ1v) is 10.4. The van der Waals surface area contributed by atoms with Crippen LogP contribution in [0.3, 0.4) is 0 Å². The second-order valence-corrected chi connectivity index (χ2v) is 8.06. The van der Waals surface area contributed by atoms with E-state index in [2.05, 4.69) is 26.6 Å². The summed E-state index contributed by atoms with van der Waals surface area (Å²) in [5.74, 6) is -0.567. The molecule has 0 atom stereocenters. The molecule has 1 aliphatic rings. The predicted octanol–water partition coefficient (Wildman–Crippen LogP) is 4.73. The molecule has 6 heteroatoms. The smallest absolute Gasteiger partial charge is 0.251 e. The third kappa shape index (κ3) is 3.91. The number of fused-ring (bicyclic) bond motifs is 3. The maximum atomic E-state index is 12.6. The first-order chi connectivity index (χ1) is 14.4. The van der Waals surface area contributed by atoms with Crippen molar-refractivity contribution in [3.63, 3.8) is 0 Å². The minimum atomic E-state index is -0.312. The van der Waals surface area contributed by atoms with E-state index in [4.69, 9.17) is 0 Å². The van der Waals surface area contributed by atoms with Gasteiger partial charge >= 0.3 is 0 Å². The number of hydrogen-bond acceptors (Lipinski definition) is 3. The molecule has 0 spiro atoms. The van der Waals surface area contributed by atoms with Crippen molar-refractivity contribution in [2.75, 3.05) is 11.9 Å². The van der Waals surface area contributed by atoms with Gasteiger partial charge in [0.25, 0.3) is 5.91 Å². The van der Waals surface area contributed by atoms with E-state index < -0.39 is 0 Å². The van der Waals surface area contributed by atoms with Crippen LogP contribution in [0.1, 0.15) is 38.3 Å². The van der Waals surface area contributed by atoms with E-state index in [9.17, 15) is 14.4 Å². The average molecular weight is 463 g/mol. The van der Waals surface area contributed by atoms with Crippen LogP contribution in [0.5, 0.6) is 0 Å². The number of carbonyl (C=O) groups is 3. The number of ketones is 1. The lowest BCUT2D eigenvalue weighted by Gasteiger charge is -2.10. The van der Waals surface area contributed by atoms with Crippen molar-refractivity contribution >= 4 is 39.2 Å². The molecule has 2 amide bonds. The first kappa shape index (κ1) is 20.0. The lowest BCUT2D eigenvalue weighted by Crippen LogP contribution is -2.27. The zero-order valence-electron chi connectivity index (χ0n) is 16.3. The summed E-state index contributed by atoms with van der Waals surface area (Å²) in [7, 11) is 0. The van der Waals surface area contributed by atoms with E-state index in [0.29, 0.717) is 16.7 Å². The molecule has 0 radical (unpaired) electrons. The Balaban J connectivity index is 1.37. The molecular weight excluding hydrogens is 444 g/mol. The largest absolute Gasteiger partial charge is 0.352 e. The van der Waals surface area contributed by atoms with Gasteiger partial charge in [0.15, 0.2) is 5.78 Å². The van der Waals surface area contributed by atoms with Gasteiger partial charge in [0.2, 0.25) is 5.91 Å². The fourth-order valence-electron chi connectivity index (χ4n) is 3.50. The molecular formula is C24H19BrN2O3. The average Bonchev–Trinajstić information content (AvgIpc) is 3.03. The standard InChI is InChI=1S/C24H19BrN2O3/c1-14-6-8-16(25)13-21(14)27-22(28)10-11-26-24(30)15-7-9-18-17-4-2-3-5-19(17)23(29)20(18)12-15/h2-9,12-13H,10-11H2,1H3,(H,26,30)(H,27,28). The van der Waals surface area contributed by atoms with Crippen LogP contribution in [0.4, 0.5) is 5.69 Å². The van der Waals surface area contributed by atoms with Gasteiger partial charge in [-0.15, -0.1) is 0 Å². The van der Waals surface area contributed by atoms with Crippen LogP contribution in [0.2, 0.25) is 0 Å². The van der Waals surface area contributed by atoms with Gasteiger partial charge < -0.3 is 10.6 Å². The Morgan fingerprint density at radius 2 is 1.63 bits per heavy atom. The van der Waals surface area contributed by atoms with Gasteiger partial charge in [0.05, 0.1) is 0 Å². The van der Waals surface area contributed by atoms with Crippen LogP contribution in [0.25, 0.3) is 11.1 Å².